The molecule has 1 rings (SSSR count). The molecule has 1 N–H and O–H groups in total. The van der Waals surface area contributed by atoms with Gasteiger partial charge in [0.2, 0.25) is 5.91 Å². The topological polar surface area (TPSA) is 63.2 Å². The third-order valence-corrected chi connectivity index (χ3v) is 5.38. The van der Waals surface area contributed by atoms with Crippen LogP contribution in [0.3, 0.4) is 0 Å². The number of hydrogen-bond acceptors (Lipinski definition) is 3. The number of alkyl halides is 1. The van der Waals surface area contributed by atoms with Gasteiger partial charge in [0, 0.05) is 17.6 Å². The number of carbonyl (C=O) groups is 1. The van der Waals surface area contributed by atoms with Gasteiger partial charge in [-0.25, -0.2) is 8.42 Å². The fourth-order valence-corrected chi connectivity index (χ4v) is 3.05. The molecule has 4 nitrogen and oxygen atoms in total. The monoisotopic (exact) mass is 311 g/mol. The van der Waals surface area contributed by atoms with Gasteiger partial charge < -0.3 is 5.32 Å². The van der Waals surface area contributed by atoms with Crippen LogP contribution in [0, 0.1) is 5.92 Å². The van der Waals surface area contributed by atoms with E-state index >= 15 is 0 Å². The molecule has 1 amide bonds. The van der Waals surface area contributed by atoms with Crippen molar-refractivity contribution >= 4 is 31.7 Å². The van der Waals surface area contributed by atoms with E-state index in [0.717, 1.165) is 25.5 Å². The summed E-state index contributed by atoms with van der Waals surface area (Å²) in [6.45, 7) is 2.01. The van der Waals surface area contributed by atoms with E-state index in [1.165, 1.54) is 6.92 Å². The summed E-state index contributed by atoms with van der Waals surface area (Å²) in [6, 6.07) is 0. The maximum Gasteiger partial charge on any atom is 0.238 e. The third-order valence-electron chi connectivity index (χ3n) is 3.05. The fraction of sp³-hybridized carbons (Fsp3) is 0.900. The fourth-order valence-electron chi connectivity index (χ4n) is 1.78. The quantitative estimate of drug-likeness (QED) is 0.791. The highest BCUT2D eigenvalue weighted by Crippen LogP contribution is 2.29. The van der Waals surface area contributed by atoms with Crippen LogP contribution < -0.4 is 5.32 Å². The Morgan fingerprint density at radius 1 is 1.50 bits per heavy atom. The van der Waals surface area contributed by atoms with E-state index in [-0.39, 0.29) is 5.91 Å². The average Bonchev–Trinajstić information content (AvgIpc) is 2.58. The van der Waals surface area contributed by atoms with Crippen molar-refractivity contribution in [2.45, 2.75) is 36.3 Å². The number of amides is 1. The first-order valence-corrected chi connectivity index (χ1v) is 8.28. The van der Waals surface area contributed by atoms with E-state index in [1.807, 2.05) is 0 Å². The molecule has 0 bridgehead atoms. The lowest BCUT2D eigenvalue weighted by Crippen LogP contribution is -2.39. The largest absolute Gasteiger partial charge is 0.355 e. The molecule has 3 atom stereocenters. The molecule has 0 heterocycles. The van der Waals surface area contributed by atoms with Gasteiger partial charge in [-0.15, -0.1) is 0 Å². The molecule has 1 aliphatic rings. The van der Waals surface area contributed by atoms with Crippen molar-refractivity contribution in [2.24, 2.45) is 5.92 Å². The summed E-state index contributed by atoms with van der Waals surface area (Å²) in [5.41, 5.74) is 0. The highest BCUT2D eigenvalue weighted by Gasteiger charge is 2.26. The molecule has 1 aliphatic carbocycles. The van der Waals surface area contributed by atoms with Crippen LogP contribution >= 0.6 is 15.9 Å². The molecule has 0 radical (unpaired) electrons. The summed E-state index contributed by atoms with van der Waals surface area (Å²) in [5, 5.41) is 1.76. The lowest BCUT2D eigenvalue weighted by molar-refractivity contribution is -0.120. The van der Waals surface area contributed by atoms with Crippen molar-refractivity contribution in [1.82, 2.24) is 5.32 Å². The van der Waals surface area contributed by atoms with Crippen LogP contribution in [0.25, 0.3) is 0 Å². The summed E-state index contributed by atoms with van der Waals surface area (Å²) >= 11 is 3.54. The summed E-state index contributed by atoms with van der Waals surface area (Å²) in [4.78, 5) is 12.1. The zero-order chi connectivity index (χ0) is 12.3. The standard InChI is InChI=1S/C10H18BrNO3S/c1-7(16(2,14)15)10(13)12-6-8-3-4-9(11)5-8/h7-9H,3-6H2,1-2H3,(H,12,13). The normalized spacial score (nSPS) is 27.7. The first kappa shape index (κ1) is 14.0. The van der Waals surface area contributed by atoms with Crippen molar-refractivity contribution in [1.29, 1.82) is 0 Å². The first-order valence-electron chi connectivity index (χ1n) is 5.41. The minimum absolute atomic E-state index is 0.388. The van der Waals surface area contributed by atoms with Crippen LogP contribution in [-0.2, 0) is 14.6 Å². The van der Waals surface area contributed by atoms with Gasteiger partial charge in [-0.2, -0.15) is 0 Å². The Morgan fingerprint density at radius 2 is 2.12 bits per heavy atom. The molecule has 0 saturated heterocycles. The second kappa shape index (κ2) is 5.49. The minimum Gasteiger partial charge on any atom is -0.355 e. The molecule has 94 valence electrons. The van der Waals surface area contributed by atoms with Gasteiger partial charge in [0.25, 0.3) is 0 Å². The van der Waals surface area contributed by atoms with E-state index < -0.39 is 15.1 Å². The first-order chi connectivity index (χ1) is 7.30. The molecule has 0 aliphatic heterocycles. The summed E-state index contributed by atoms with van der Waals surface area (Å²) in [6.07, 6.45) is 4.35. The molecule has 1 saturated carbocycles. The minimum atomic E-state index is -3.28. The Hall–Kier alpha value is -0.100. The van der Waals surface area contributed by atoms with Gasteiger partial charge in [-0.3, -0.25) is 4.79 Å². The molecular weight excluding hydrogens is 294 g/mol. The predicted octanol–water partition coefficient (Wildman–Crippen LogP) is 1.10. The van der Waals surface area contributed by atoms with E-state index in [0.29, 0.717) is 17.3 Å². The molecule has 0 spiro atoms. The Balaban J connectivity index is 2.36. The molecule has 0 aromatic heterocycles. The second-order valence-electron chi connectivity index (χ2n) is 4.49. The van der Waals surface area contributed by atoms with Gasteiger partial charge in [-0.05, 0) is 32.1 Å². The molecule has 1 fully saturated rings. The third kappa shape index (κ3) is 4.05. The van der Waals surface area contributed by atoms with E-state index in [2.05, 4.69) is 21.2 Å². The second-order valence-corrected chi connectivity index (χ2v) is 8.15. The number of rotatable bonds is 4. The number of carbonyl (C=O) groups excluding carboxylic acids is 1. The van der Waals surface area contributed by atoms with Crippen LogP contribution in [0.1, 0.15) is 26.2 Å². The highest BCUT2D eigenvalue weighted by atomic mass is 79.9. The van der Waals surface area contributed by atoms with Crippen molar-refractivity contribution in [2.75, 3.05) is 12.8 Å². The van der Waals surface area contributed by atoms with Crippen molar-refractivity contribution in [3.63, 3.8) is 0 Å². The van der Waals surface area contributed by atoms with Gasteiger partial charge in [-0.1, -0.05) is 15.9 Å². The van der Waals surface area contributed by atoms with E-state index in [9.17, 15) is 13.2 Å². The number of halogens is 1. The van der Waals surface area contributed by atoms with Gasteiger partial charge in [0.05, 0.1) is 0 Å². The summed E-state index contributed by atoms with van der Waals surface area (Å²) in [5.74, 6) is 0.0839. The Kier molecular flexibility index (Phi) is 4.79. The lowest BCUT2D eigenvalue weighted by atomic mass is 10.1. The van der Waals surface area contributed by atoms with Crippen LogP contribution in [-0.4, -0.2) is 37.2 Å². The van der Waals surface area contributed by atoms with Crippen molar-refractivity contribution in [3.8, 4) is 0 Å². The molecule has 16 heavy (non-hydrogen) atoms. The maximum absolute atomic E-state index is 11.5. The molecular formula is C10H18BrNO3S. The van der Waals surface area contributed by atoms with Crippen LogP contribution in [0.4, 0.5) is 0 Å². The van der Waals surface area contributed by atoms with Gasteiger partial charge in [0.1, 0.15) is 5.25 Å². The van der Waals surface area contributed by atoms with Crippen molar-refractivity contribution < 1.29 is 13.2 Å². The molecule has 6 heteroatoms. The summed E-state index contributed by atoms with van der Waals surface area (Å²) < 4.78 is 22.3. The van der Waals surface area contributed by atoms with Crippen LogP contribution in [0.5, 0.6) is 0 Å². The number of hydrogen-bond donors (Lipinski definition) is 1. The lowest BCUT2D eigenvalue weighted by Gasteiger charge is -2.13. The average molecular weight is 312 g/mol. The summed E-state index contributed by atoms with van der Waals surface area (Å²) in [7, 11) is -3.28. The van der Waals surface area contributed by atoms with Crippen LogP contribution in [0.2, 0.25) is 0 Å². The predicted molar refractivity (Wildman–Crippen MR) is 67.4 cm³/mol. The van der Waals surface area contributed by atoms with Gasteiger partial charge >= 0.3 is 0 Å². The molecule has 3 unspecified atom stereocenters. The Morgan fingerprint density at radius 3 is 2.56 bits per heavy atom. The van der Waals surface area contributed by atoms with Crippen LogP contribution in [0.15, 0.2) is 0 Å². The Labute approximate surface area is 105 Å². The SMILES string of the molecule is CC(C(=O)NCC1CCC(Br)C1)S(C)(=O)=O. The molecule has 0 aromatic carbocycles. The highest BCUT2D eigenvalue weighted by molar-refractivity contribution is 9.09. The zero-order valence-corrected chi connectivity index (χ0v) is 12.0. The van der Waals surface area contributed by atoms with Gasteiger partial charge in [0.15, 0.2) is 9.84 Å². The molecule has 0 aromatic rings. The smallest absolute Gasteiger partial charge is 0.238 e. The van der Waals surface area contributed by atoms with E-state index in [4.69, 9.17) is 0 Å². The maximum atomic E-state index is 11.5. The number of nitrogens with one attached hydrogen (secondary N) is 1. The zero-order valence-electron chi connectivity index (χ0n) is 9.57. The van der Waals surface area contributed by atoms with Crippen molar-refractivity contribution in [3.05, 3.63) is 0 Å². The number of sulfone groups is 1. The van der Waals surface area contributed by atoms with E-state index in [1.54, 1.807) is 0 Å². The Bertz CT molecular complexity index is 355.